The number of carbonyl (C=O) groups is 1. The highest BCUT2D eigenvalue weighted by Crippen LogP contribution is 2.31. The van der Waals surface area contributed by atoms with Gasteiger partial charge in [0.15, 0.2) is 9.84 Å². The number of halogens is 2. The van der Waals surface area contributed by atoms with Gasteiger partial charge >= 0.3 is 6.61 Å². The first kappa shape index (κ1) is 24.8. The number of aromatic nitrogens is 3. The molecular weight excluding hydrogens is 476 g/mol. The zero-order valence-electron chi connectivity index (χ0n) is 19.3. The molecule has 0 amide bonds. The summed E-state index contributed by atoms with van der Waals surface area (Å²) in [4.78, 5) is 25.6. The van der Waals surface area contributed by atoms with Crippen LogP contribution in [0.1, 0.15) is 43.8 Å². The summed E-state index contributed by atoms with van der Waals surface area (Å²) in [6.45, 7) is 0.578. The molecule has 4 rings (SSSR count). The number of Topliss-reactive ketones (excluding diaryl/α,β-unsaturated/α-hetero) is 1. The second kappa shape index (κ2) is 9.77. The quantitative estimate of drug-likeness (QED) is 0.408. The number of ether oxygens (including phenoxy) is 1. The van der Waals surface area contributed by atoms with Crippen molar-refractivity contribution in [2.45, 2.75) is 56.1 Å². The lowest BCUT2D eigenvalue weighted by Gasteiger charge is -2.23. The maximum Gasteiger partial charge on any atom is 0.387 e. The molecule has 1 aliphatic rings. The van der Waals surface area contributed by atoms with Gasteiger partial charge in [0.25, 0.3) is 0 Å². The number of alkyl halides is 2. The van der Waals surface area contributed by atoms with Crippen LogP contribution in [0.3, 0.4) is 0 Å². The molecule has 184 valence electrons. The molecule has 1 aromatic carbocycles. The van der Waals surface area contributed by atoms with E-state index in [2.05, 4.69) is 19.7 Å². The molecule has 0 spiro atoms. The molecule has 7 nitrogen and oxygen atoms in total. The van der Waals surface area contributed by atoms with Gasteiger partial charge in [-0.05, 0) is 49.9 Å². The lowest BCUT2D eigenvalue weighted by atomic mass is 9.81. The molecule has 2 heterocycles. The minimum Gasteiger partial charge on any atom is -0.433 e. The van der Waals surface area contributed by atoms with Gasteiger partial charge in [-0.3, -0.25) is 9.78 Å². The van der Waals surface area contributed by atoms with E-state index < -0.39 is 21.9 Å². The topological polar surface area (TPSA) is 99.1 Å². The minimum absolute atomic E-state index is 0.0346. The zero-order valence-corrected chi connectivity index (χ0v) is 20.1. The van der Waals surface area contributed by atoms with Crippen molar-refractivity contribution in [1.82, 2.24) is 15.0 Å². The van der Waals surface area contributed by atoms with E-state index in [9.17, 15) is 22.0 Å². The van der Waals surface area contributed by atoms with E-state index in [1.807, 2.05) is 0 Å². The van der Waals surface area contributed by atoms with Gasteiger partial charge in [0, 0.05) is 24.4 Å². The van der Waals surface area contributed by atoms with Crippen LogP contribution in [0.4, 0.5) is 8.78 Å². The van der Waals surface area contributed by atoms with Crippen molar-refractivity contribution in [2.24, 2.45) is 0 Å². The Morgan fingerprint density at radius 2 is 1.83 bits per heavy atom. The Morgan fingerprint density at radius 3 is 2.49 bits per heavy atom. The number of benzene rings is 1. The first-order chi connectivity index (χ1) is 16.5. The molecule has 0 aliphatic heterocycles. The van der Waals surface area contributed by atoms with Gasteiger partial charge < -0.3 is 4.74 Å². The molecule has 0 atom stereocenters. The maximum atomic E-state index is 13.2. The van der Waals surface area contributed by atoms with Crippen molar-refractivity contribution in [1.29, 1.82) is 0 Å². The summed E-state index contributed by atoms with van der Waals surface area (Å²) in [5.74, 6) is -0.150. The standard InChI is InChI=1S/C25H25F2N3O4S/c1-25(2,21-9-10-29-23(30-21)15-35(32,33)20-7-8-20)22(31)11-16-3-5-17(6-4-16)18-12-19(14-28-13-18)34-24(26)27/h3-6,9-10,12-14,20,24H,7-8,11,15H2,1-2H3. The third kappa shape index (κ3) is 6.05. The van der Waals surface area contributed by atoms with Crippen molar-refractivity contribution in [3.05, 3.63) is 72.1 Å². The number of pyridine rings is 1. The van der Waals surface area contributed by atoms with E-state index in [1.165, 1.54) is 24.7 Å². The lowest BCUT2D eigenvalue weighted by Crippen LogP contribution is -2.32. The molecule has 0 unspecified atom stereocenters. The number of carbonyl (C=O) groups excluding carboxylic acids is 1. The first-order valence-electron chi connectivity index (χ1n) is 11.1. The molecule has 0 bridgehead atoms. The Hall–Kier alpha value is -3.27. The smallest absolute Gasteiger partial charge is 0.387 e. The summed E-state index contributed by atoms with van der Waals surface area (Å²) in [7, 11) is -3.27. The number of ketones is 1. The van der Waals surface area contributed by atoms with Crippen molar-refractivity contribution in [3.8, 4) is 16.9 Å². The fourth-order valence-corrected chi connectivity index (χ4v) is 5.24. The van der Waals surface area contributed by atoms with Crippen LogP contribution in [-0.4, -0.2) is 41.0 Å². The van der Waals surface area contributed by atoms with Crippen LogP contribution in [0.2, 0.25) is 0 Å². The van der Waals surface area contributed by atoms with E-state index in [0.717, 1.165) is 11.1 Å². The fourth-order valence-electron chi connectivity index (χ4n) is 3.65. The third-order valence-corrected chi connectivity index (χ3v) is 8.14. The molecule has 3 aromatic rings. The first-order valence-corrected chi connectivity index (χ1v) is 12.8. The van der Waals surface area contributed by atoms with Crippen molar-refractivity contribution in [2.75, 3.05) is 0 Å². The molecule has 1 saturated carbocycles. The van der Waals surface area contributed by atoms with Gasteiger partial charge in [-0.1, -0.05) is 24.3 Å². The SMILES string of the molecule is CC(C)(C(=O)Cc1ccc(-c2cncc(OC(F)F)c2)cc1)c1ccnc(CS(=O)(=O)C2CC2)n1. The Labute approximate surface area is 202 Å². The highest BCUT2D eigenvalue weighted by atomic mass is 32.2. The molecule has 1 aliphatic carbocycles. The van der Waals surface area contributed by atoms with Crippen molar-refractivity contribution >= 4 is 15.6 Å². The highest BCUT2D eigenvalue weighted by molar-refractivity contribution is 7.91. The predicted octanol–water partition coefficient (Wildman–Crippen LogP) is 4.31. The molecular formula is C25H25F2N3O4S. The van der Waals surface area contributed by atoms with Gasteiger partial charge in [-0.15, -0.1) is 0 Å². The Kier molecular flexibility index (Phi) is 6.93. The summed E-state index contributed by atoms with van der Waals surface area (Å²) in [5, 5.41) is -0.303. The zero-order chi connectivity index (χ0) is 25.2. The summed E-state index contributed by atoms with van der Waals surface area (Å²) < 4.78 is 53.9. The van der Waals surface area contributed by atoms with E-state index in [-0.39, 0.29) is 34.8 Å². The summed E-state index contributed by atoms with van der Waals surface area (Å²) >= 11 is 0. The molecule has 2 aromatic heterocycles. The van der Waals surface area contributed by atoms with Gasteiger partial charge in [-0.25, -0.2) is 18.4 Å². The van der Waals surface area contributed by atoms with Crippen LogP contribution in [0, 0.1) is 0 Å². The molecule has 35 heavy (non-hydrogen) atoms. The van der Waals surface area contributed by atoms with Crippen LogP contribution >= 0.6 is 0 Å². The van der Waals surface area contributed by atoms with Gasteiger partial charge in [0.2, 0.25) is 0 Å². The Bertz CT molecular complexity index is 1320. The number of nitrogens with zero attached hydrogens (tertiary/aromatic N) is 3. The average molecular weight is 502 g/mol. The minimum atomic E-state index is -3.27. The fraction of sp³-hybridized carbons (Fsp3) is 0.360. The van der Waals surface area contributed by atoms with Gasteiger partial charge in [0.1, 0.15) is 23.1 Å². The van der Waals surface area contributed by atoms with E-state index >= 15 is 0 Å². The van der Waals surface area contributed by atoms with Crippen LogP contribution in [0.15, 0.2) is 55.0 Å². The summed E-state index contributed by atoms with van der Waals surface area (Å²) in [5.41, 5.74) is 1.63. The number of rotatable bonds is 10. The molecule has 1 fully saturated rings. The van der Waals surface area contributed by atoms with E-state index in [4.69, 9.17) is 0 Å². The van der Waals surface area contributed by atoms with Crippen LogP contribution in [-0.2, 0) is 32.2 Å². The Balaban J connectivity index is 1.46. The van der Waals surface area contributed by atoms with E-state index in [0.29, 0.717) is 24.1 Å². The monoisotopic (exact) mass is 501 g/mol. The Morgan fingerprint density at radius 1 is 1.11 bits per heavy atom. The number of hydrogen-bond donors (Lipinski definition) is 0. The van der Waals surface area contributed by atoms with Gasteiger partial charge in [0.05, 0.1) is 22.6 Å². The van der Waals surface area contributed by atoms with Crippen LogP contribution in [0.5, 0.6) is 5.75 Å². The molecule has 0 N–H and O–H groups in total. The van der Waals surface area contributed by atoms with Crippen molar-refractivity contribution < 1.29 is 26.7 Å². The van der Waals surface area contributed by atoms with Crippen molar-refractivity contribution in [3.63, 3.8) is 0 Å². The lowest BCUT2D eigenvalue weighted by molar-refractivity contribution is -0.123. The summed E-state index contributed by atoms with van der Waals surface area (Å²) in [6.07, 6.45) is 5.73. The second-order valence-electron chi connectivity index (χ2n) is 9.07. The van der Waals surface area contributed by atoms with Crippen LogP contribution in [0.25, 0.3) is 11.1 Å². The maximum absolute atomic E-state index is 13.2. The second-order valence-corrected chi connectivity index (χ2v) is 11.4. The average Bonchev–Trinajstić information content (AvgIpc) is 3.66. The third-order valence-electron chi connectivity index (χ3n) is 6.00. The molecule has 10 heteroatoms. The van der Waals surface area contributed by atoms with E-state index in [1.54, 1.807) is 44.2 Å². The van der Waals surface area contributed by atoms with Crippen LogP contribution < -0.4 is 4.74 Å². The predicted molar refractivity (Wildman–Crippen MR) is 126 cm³/mol. The molecule has 0 radical (unpaired) electrons. The molecule has 0 saturated heterocycles. The largest absolute Gasteiger partial charge is 0.433 e. The highest BCUT2D eigenvalue weighted by Gasteiger charge is 2.37. The normalized spacial score (nSPS) is 14.2. The number of sulfone groups is 1. The number of hydrogen-bond acceptors (Lipinski definition) is 7. The summed E-state index contributed by atoms with van der Waals surface area (Å²) in [6, 6.07) is 10.2. The van der Waals surface area contributed by atoms with Gasteiger partial charge in [-0.2, -0.15) is 8.78 Å².